The molecule has 1 saturated heterocycles. The lowest BCUT2D eigenvalue weighted by Crippen LogP contribution is -2.30. The Morgan fingerprint density at radius 2 is 1.95 bits per heavy atom. The van der Waals surface area contributed by atoms with Crippen LogP contribution in [0.2, 0.25) is 0 Å². The minimum absolute atomic E-state index is 0.598. The Kier molecular flexibility index (Phi) is 4.84. The monoisotopic (exact) mass is 275 g/mol. The second-order valence-corrected chi connectivity index (χ2v) is 7.30. The zero-order valence-corrected chi connectivity index (χ0v) is 12.6. The molecule has 2 aliphatic rings. The fourth-order valence-corrected chi connectivity index (χ4v) is 4.63. The van der Waals surface area contributed by atoms with Gasteiger partial charge < -0.3 is 5.32 Å². The molecular formula is C17H25NS. The number of hydrogen-bond donors (Lipinski definition) is 1. The largest absolute Gasteiger partial charge is 0.309 e. The molecule has 2 atom stereocenters. The van der Waals surface area contributed by atoms with Gasteiger partial charge in [0.25, 0.3) is 0 Å². The third kappa shape index (κ3) is 3.55. The van der Waals surface area contributed by atoms with Crippen LogP contribution >= 0.6 is 11.8 Å². The molecule has 1 heterocycles. The Hall–Kier alpha value is -0.470. The van der Waals surface area contributed by atoms with Crippen molar-refractivity contribution >= 4 is 11.8 Å². The first-order valence-electron chi connectivity index (χ1n) is 7.86. The minimum atomic E-state index is 0.598. The number of fused-ring (bicyclic) bond motifs is 1. The van der Waals surface area contributed by atoms with Crippen molar-refractivity contribution in [2.75, 3.05) is 12.3 Å². The van der Waals surface area contributed by atoms with Crippen LogP contribution in [0.3, 0.4) is 0 Å². The van der Waals surface area contributed by atoms with E-state index >= 15 is 0 Å². The van der Waals surface area contributed by atoms with Gasteiger partial charge in [-0.15, -0.1) is 0 Å². The van der Waals surface area contributed by atoms with Gasteiger partial charge in [0.15, 0.2) is 0 Å². The lowest BCUT2D eigenvalue weighted by Gasteiger charge is -2.25. The molecule has 1 aliphatic heterocycles. The molecule has 19 heavy (non-hydrogen) atoms. The summed E-state index contributed by atoms with van der Waals surface area (Å²) in [6.45, 7) is 1.20. The molecule has 3 rings (SSSR count). The zero-order valence-electron chi connectivity index (χ0n) is 11.7. The predicted octanol–water partition coefficient (Wildman–Crippen LogP) is 4.33. The van der Waals surface area contributed by atoms with Crippen molar-refractivity contribution in [1.82, 2.24) is 5.32 Å². The van der Waals surface area contributed by atoms with Gasteiger partial charge in [-0.05, 0) is 49.0 Å². The Morgan fingerprint density at radius 3 is 2.84 bits per heavy atom. The summed E-state index contributed by atoms with van der Waals surface area (Å²) in [7, 11) is 0. The quantitative estimate of drug-likeness (QED) is 0.824. The van der Waals surface area contributed by atoms with E-state index in [1.165, 1.54) is 57.2 Å². The van der Waals surface area contributed by atoms with Gasteiger partial charge in [-0.1, -0.05) is 37.1 Å². The number of benzene rings is 1. The number of nitrogens with one attached hydrogen (secondary N) is 1. The molecule has 0 bridgehead atoms. The second kappa shape index (κ2) is 6.81. The summed E-state index contributed by atoms with van der Waals surface area (Å²) in [6, 6.07) is 9.66. The van der Waals surface area contributed by atoms with E-state index in [2.05, 4.69) is 41.3 Å². The van der Waals surface area contributed by atoms with Crippen LogP contribution in [0.4, 0.5) is 0 Å². The van der Waals surface area contributed by atoms with E-state index < -0.39 is 0 Å². The highest BCUT2D eigenvalue weighted by atomic mass is 32.2. The number of rotatable bonds is 3. The molecule has 2 heteroatoms. The molecule has 0 amide bonds. The Balaban J connectivity index is 1.63. The van der Waals surface area contributed by atoms with Crippen molar-refractivity contribution in [3.05, 3.63) is 35.4 Å². The molecule has 0 radical (unpaired) electrons. The number of aryl methyl sites for hydroxylation is 1. The van der Waals surface area contributed by atoms with Crippen molar-refractivity contribution in [3.63, 3.8) is 0 Å². The maximum Gasteiger partial charge on any atom is 0.0323 e. The maximum atomic E-state index is 3.87. The standard InChI is InChI=1S/C17H25NS/c1-3-10-16-14(7-1)8-2-4-11-17(16)18-13-15-9-5-6-12-19-15/h1,3,7,10,15,17-18H,2,4-6,8-9,11-13H2. The third-order valence-electron chi connectivity index (χ3n) is 4.49. The zero-order chi connectivity index (χ0) is 12.9. The maximum absolute atomic E-state index is 3.87. The van der Waals surface area contributed by atoms with Crippen molar-refractivity contribution in [2.45, 2.75) is 56.2 Å². The average Bonchev–Trinajstić information content (AvgIpc) is 2.68. The summed E-state index contributed by atoms with van der Waals surface area (Å²) in [6.07, 6.45) is 9.57. The van der Waals surface area contributed by atoms with Crippen molar-refractivity contribution in [3.8, 4) is 0 Å². The number of thioether (sulfide) groups is 1. The number of hydrogen-bond acceptors (Lipinski definition) is 2. The first kappa shape index (κ1) is 13.5. The van der Waals surface area contributed by atoms with E-state index in [4.69, 9.17) is 0 Å². The molecule has 1 fully saturated rings. The van der Waals surface area contributed by atoms with Crippen LogP contribution in [-0.4, -0.2) is 17.5 Å². The van der Waals surface area contributed by atoms with E-state index in [0.29, 0.717) is 6.04 Å². The summed E-state index contributed by atoms with van der Waals surface area (Å²) in [5.41, 5.74) is 3.15. The normalized spacial score (nSPS) is 27.6. The van der Waals surface area contributed by atoms with Gasteiger partial charge in [0.05, 0.1) is 0 Å². The Morgan fingerprint density at radius 1 is 1.05 bits per heavy atom. The lowest BCUT2D eigenvalue weighted by molar-refractivity contribution is 0.477. The van der Waals surface area contributed by atoms with Gasteiger partial charge in [0, 0.05) is 17.8 Å². The summed E-state index contributed by atoms with van der Waals surface area (Å²) < 4.78 is 0. The lowest BCUT2D eigenvalue weighted by atomic mass is 9.99. The van der Waals surface area contributed by atoms with E-state index in [9.17, 15) is 0 Å². The molecule has 1 aliphatic carbocycles. The van der Waals surface area contributed by atoms with Gasteiger partial charge in [-0.25, -0.2) is 0 Å². The topological polar surface area (TPSA) is 12.0 Å². The van der Waals surface area contributed by atoms with Crippen LogP contribution in [0, 0.1) is 0 Å². The highest BCUT2D eigenvalue weighted by Crippen LogP contribution is 2.30. The smallest absolute Gasteiger partial charge is 0.0323 e. The predicted molar refractivity (Wildman–Crippen MR) is 84.8 cm³/mol. The molecule has 1 N–H and O–H groups in total. The minimum Gasteiger partial charge on any atom is -0.309 e. The Labute approximate surface area is 121 Å². The van der Waals surface area contributed by atoms with Crippen LogP contribution in [-0.2, 0) is 6.42 Å². The molecule has 2 unspecified atom stereocenters. The van der Waals surface area contributed by atoms with Gasteiger partial charge >= 0.3 is 0 Å². The van der Waals surface area contributed by atoms with Gasteiger partial charge in [-0.3, -0.25) is 0 Å². The van der Waals surface area contributed by atoms with Crippen LogP contribution in [0.15, 0.2) is 24.3 Å². The molecule has 1 nitrogen and oxygen atoms in total. The molecule has 0 saturated carbocycles. The molecule has 1 aromatic carbocycles. The first-order chi connectivity index (χ1) is 9.43. The first-order valence-corrected chi connectivity index (χ1v) is 8.91. The second-order valence-electron chi connectivity index (χ2n) is 5.89. The highest BCUT2D eigenvalue weighted by Gasteiger charge is 2.20. The van der Waals surface area contributed by atoms with E-state index in [1.807, 2.05) is 0 Å². The highest BCUT2D eigenvalue weighted by molar-refractivity contribution is 7.99. The molecular weight excluding hydrogens is 250 g/mol. The summed E-state index contributed by atoms with van der Waals surface area (Å²) in [5.74, 6) is 1.37. The SMILES string of the molecule is c1ccc2c(c1)CCCCC2NCC1CCCCS1. The van der Waals surface area contributed by atoms with Crippen LogP contribution in [0.1, 0.15) is 55.7 Å². The van der Waals surface area contributed by atoms with Crippen LogP contribution in [0.5, 0.6) is 0 Å². The Bertz CT molecular complexity index is 398. The average molecular weight is 275 g/mol. The molecule has 104 valence electrons. The van der Waals surface area contributed by atoms with Crippen molar-refractivity contribution < 1.29 is 0 Å². The fourth-order valence-electron chi connectivity index (χ4n) is 3.38. The summed E-state index contributed by atoms with van der Waals surface area (Å²) in [5, 5.41) is 4.72. The van der Waals surface area contributed by atoms with Crippen LogP contribution < -0.4 is 5.32 Å². The summed E-state index contributed by atoms with van der Waals surface area (Å²) >= 11 is 2.18. The van der Waals surface area contributed by atoms with Crippen molar-refractivity contribution in [1.29, 1.82) is 0 Å². The molecule has 1 aromatic rings. The summed E-state index contributed by atoms with van der Waals surface area (Å²) in [4.78, 5) is 0. The van der Waals surface area contributed by atoms with Gasteiger partial charge in [0.2, 0.25) is 0 Å². The molecule has 0 aromatic heterocycles. The van der Waals surface area contributed by atoms with Crippen LogP contribution in [0.25, 0.3) is 0 Å². The van der Waals surface area contributed by atoms with E-state index in [0.717, 1.165) is 5.25 Å². The van der Waals surface area contributed by atoms with E-state index in [-0.39, 0.29) is 0 Å². The van der Waals surface area contributed by atoms with E-state index in [1.54, 1.807) is 11.1 Å². The molecule has 0 spiro atoms. The van der Waals surface area contributed by atoms with Gasteiger partial charge in [0.1, 0.15) is 0 Å². The fraction of sp³-hybridized carbons (Fsp3) is 0.647. The third-order valence-corrected chi connectivity index (χ3v) is 5.88. The van der Waals surface area contributed by atoms with Crippen molar-refractivity contribution in [2.24, 2.45) is 0 Å². The van der Waals surface area contributed by atoms with Gasteiger partial charge in [-0.2, -0.15) is 11.8 Å².